The van der Waals surface area contributed by atoms with Gasteiger partial charge in [-0.05, 0) is 97.3 Å². The number of carbonyl (C=O) groups excluding carboxylic acids is 5. The van der Waals surface area contributed by atoms with Crippen LogP contribution in [0.15, 0.2) is 24.3 Å². The van der Waals surface area contributed by atoms with Crippen molar-refractivity contribution in [1.82, 2.24) is 9.80 Å². The molecule has 72 heavy (non-hydrogen) atoms. The van der Waals surface area contributed by atoms with Gasteiger partial charge in [0.05, 0.1) is 42.4 Å². The van der Waals surface area contributed by atoms with Gasteiger partial charge in [-0.3, -0.25) is 19.2 Å². The lowest BCUT2D eigenvalue weighted by atomic mass is 9.82. The maximum Gasteiger partial charge on any atom is 0.309 e. The number of hydrogen-bond donors (Lipinski definition) is 2. The first kappa shape index (κ1) is 60.1. The largest absolute Gasteiger partial charge is 0.462 e. The monoisotopic (exact) mass is 1020 g/mol. The number of aliphatic hydroxyl groups is 2. The van der Waals surface area contributed by atoms with E-state index in [0.29, 0.717) is 31.2 Å². The first-order chi connectivity index (χ1) is 34.1. The third-order valence-electron chi connectivity index (χ3n) is 13.6. The van der Waals surface area contributed by atoms with E-state index in [4.69, 9.17) is 42.6 Å². The minimum atomic E-state index is -1.47. The molecule has 3 fully saturated rings. The highest BCUT2D eigenvalue weighted by molar-refractivity contribution is 5.73. The maximum absolute atomic E-state index is 14.1. The number of benzene rings is 1. The second-order valence-corrected chi connectivity index (χ2v) is 19.7. The molecule has 0 radical (unpaired) electrons. The lowest BCUT2D eigenvalue weighted by Crippen LogP contribution is -2.66. The fraction of sp³-hybridized carbons (Fsp3) is 0.731. The van der Waals surface area contributed by atoms with E-state index in [-0.39, 0.29) is 50.6 Å². The van der Waals surface area contributed by atoms with Crippen LogP contribution in [0.4, 0.5) is 4.39 Å². The number of esters is 4. The van der Waals surface area contributed by atoms with E-state index in [1.807, 2.05) is 24.9 Å². The van der Waals surface area contributed by atoms with Crippen LogP contribution in [0.2, 0.25) is 0 Å². The minimum absolute atomic E-state index is 0.0411. The van der Waals surface area contributed by atoms with Gasteiger partial charge in [-0.25, -0.2) is 4.39 Å². The molecular weight excluding hydrogens is 942 g/mol. The summed E-state index contributed by atoms with van der Waals surface area (Å²) in [6.07, 6.45) is -7.81. The summed E-state index contributed by atoms with van der Waals surface area (Å²) in [6, 6.07) is 5.12. The summed E-state index contributed by atoms with van der Waals surface area (Å²) in [4.78, 5) is 68.4. The molecule has 0 saturated carbocycles. The van der Waals surface area contributed by atoms with Gasteiger partial charge in [0.2, 0.25) is 0 Å². The molecule has 3 aliphatic rings. The Kier molecular flexibility index (Phi) is 23.6. The number of likely N-dealkylation sites (N-methyl/N-ethyl adjacent to an activating group) is 2. The molecule has 2 N–H and O–H groups in total. The Bertz CT molecular complexity index is 2020. The first-order valence-corrected chi connectivity index (χ1v) is 25.0. The Morgan fingerprint density at radius 1 is 1.01 bits per heavy atom. The van der Waals surface area contributed by atoms with Crippen molar-refractivity contribution in [1.29, 1.82) is 5.26 Å². The number of halogens is 1. The van der Waals surface area contributed by atoms with Crippen molar-refractivity contribution in [2.24, 2.45) is 11.8 Å². The first-order valence-electron chi connectivity index (χ1n) is 25.0. The highest BCUT2D eigenvalue weighted by Gasteiger charge is 2.54. The lowest BCUT2D eigenvalue weighted by Gasteiger charge is -2.50. The number of carbonyl (C=O) groups is 5. The number of cyclic esters (lactones) is 1. The van der Waals surface area contributed by atoms with Gasteiger partial charge in [0.25, 0.3) is 0 Å². The molecular formula is C52H78FN3O16. The van der Waals surface area contributed by atoms with Gasteiger partial charge in [-0.15, -0.1) is 0 Å². The van der Waals surface area contributed by atoms with Crippen molar-refractivity contribution in [3.05, 3.63) is 41.2 Å². The number of aldehydes is 1. The molecule has 0 aromatic heterocycles. The molecule has 19 nitrogen and oxygen atoms in total. The average Bonchev–Trinajstić information content (AvgIpc) is 3.30. The number of nitrogens with zero attached hydrogens (tertiary/aromatic N) is 3. The molecule has 5 unspecified atom stereocenters. The number of rotatable bonds is 16. The molecule has 0 aliphatic carbocycles. The third-order valence-corrected chi connectivity index (χ3v) is 13.6. The van der Waals surface area contributed by atoms with Crippen LogP contribution >= 0.6 is 0 Å². The topological polar surface area (TPSA) is 239 Å². The molecule has 0 bridgehead atoms. The van der Waals surface area contributed by atoms with E-state index >= 15 is 0 Å². The van der Waals surface area contributed by atoms with Gasteiger partial charge in [-0.1, -0.05) is 39.0 Å². The summed E-state index contributed by atoms with van der Waals surface area (Å²) < 4.78 is 69.8. The fourth-order valence-corrected chi connectivity index (χ4v) is 9.94. The summed E-state index contributed by atoms with van der Waals surface area (Å²) in [7, 11) is 6.67. The fourth-order valence-electron chi connectivity index (χ4n) is 9.94. The van der Waals surface area contributed by atoms with Crippen molar-refractivity contribution in [2.75, 3.05) is 41.3 Å². The summed E-state index contributed by atoms with van der Waals surface area (Å²) in [6.45, 7) is 12.2. The zero-order valence-electron chi connectivity index (χ0n) is 43.7. The number of aliphatic hydroxyl groups excluding tert-OH is 2. The Morgan fingerprint density at radius 3 is 2.33 bits per heavy atom. The van der Waals surface area contributed by atoms with Crippen LogP contribution in [0, 0.1) is 29.0 Å². The van der Waals surface area contributed by atoms with Crippen LogP contribution in [0.25, 0.3) is 6.08 Å². The lowest BCUT2D eigenvalue weighted by molar-refractivity contribution is -0.344. The van der Waals surface area contributed by atoms with Crippen molar-refractivity contribution in [3.8, 4) is 6.07 Å². The molecule has 4 rings (SSSR count). The summed E-state index contributed by atoms with van der Waals surface area (Å²) in [5.74, 6) is -4.31. The molecule has 16 atom stereocenters. The molecule has 1 aromatic carbocycles. The van der Waals surface area contributed by atoms with Gasteiger partial charge < -0.3 is 67.4 Å². The highest BCUT2D eigenvalue weighted by atomic mass is 19.1. The van der Waals surface area contributed by atoms with Crippen molar-refractivity contribution >= 4 is 36.2 Å². The second kappa shape index (κ2) is 28.3. The second-order valence-electron chi connectivity index (χ2n) is 19.7. The van der Waals surface area contributed by atoms with Crippen LogP contribution in [0.3, 0.4) is 0 Å². The van der Waals surface area contributed by atoms with Crippen molar-refractivity contribution in [3.63, 3.8) is 0 Å². The highest BCUT2D eigenvalue weighted by Crippen LogP contribution is 2.39. The predicted molar refractivity (Wildman–Crippen MR) is 258 cm³/mol. The van der Waals surface area contributed by atoms with Crippen LogP contribution in [0.5, 0.6) is 0 Å². The van der Waals surface area contributed by atoms with Crippen LogP contribution in [0.1, 0.15) is 117 Å². The Balaban J connectivity index is 1.71. The Labute approximate surface area is 423 Å². The van der Waals surface area contributed by atoms with Crippen LogP contribution < -0.4 is 0 Å². The molecule has 20 heteroatoms. The zero-order valence-corrected chi connectivity index (χ0v) is 43.7. The Hall–Kier alpha value is -4.43. The van der Waals surface area contributed by atoms with Crippen molar-refractivity contribution in [2.45, 2.75) is 192 Å². The number of ether oxygens (including phenoxy) is 9. The molecule has 3 saturated heterocycles. The summed E-state index contributed by atoms with van der Waals surface area (Å²) in [5, 5.41) is 33.3. The van der Waals surface area contributed by atoms with Gasteiger partial charge >= 0.3 is 23.9 Å². The van der Waals surface area contributed by atoms with E-state index < -0.39 is 133 Å². The molecule has 3 heterocycles. The third kappa shape index (κ3) is 16.8. The zero-order chi connectivity index (χ0) is 53.4. The SMILES string of the molecule is CCC(=O)O[C@@H]1CC(=O)O[C@@H](C/C=C/c2ccc(F)c(C#N)c2)CCCN(C)C[C@H](O)[C@H](C)C[C@H](CC=O)[C@H](O[C@@H]2OC(C)[C@@H](O[C@H]3CC(C)(OC(C)=O)[C@@H](OC(=O)CC)C(C)O3)C(N(C)C)C2O)[C@H]1OC. The standard InChI is InChI=1S/C52H78FN3O16/c1-12-41(60)68-40-26-43(62)67-37(17-14-16-34-19-20-38(53)36(25-34)28-54)18-15-22-56(10)29-39(59)30(3)24-35(21-23-57)48(49(40)64-11)71-51-46(63)45(55(8)9)47(31(4)66-51)70-44-27-52(7,72-33(6)58)50(32(5)65-44)69-42(61)13-2/h14,16,19-20,23,25,30-32,35,37,39-40,44-51,59,63H,12-13,15,17-18,21-22,24,26-27,29H2,1-11H3/b16-14+/t30-,31?,32?,35+,37+,39+,40-,44+,45?,46?,47-,48+,49+,50+,51+,52?/m1/s1. The van der Waals surface area contributed by atoms with E-state index in [0.717, 1.165) is 0 Å². The van der Waals surface area contributed by atoms with Gasteiger partial charge in [0.15, 0.2) is 24.3 Å². The predicted octanol–water partition coefficient (Wildman–Crippen LogP) is 4.64. The van der Waals surface area contributed by atoms with E-state index in [9.17, 15) is 43.8 Å². The normalized spacial score (nSPS) is 34.7. The van der Waals surface area contributed by atoms with E-state index in [2.05, 4.69) is 0 Å². The summed E-state index contributed by atoms with van der Waals surface area (Å²) >= 11 is 0. The number of β-amino-alcohol motifs (C(OH)–C–C–N with tert-alkyl or cyclic N) is 1. The van der Waals surface area contributed by atoms with E-state index in [1.54, 1.807) is 65.8 Å². The van der Waals surface area contributed by atoms with Crippen molar-refractivity contribution < 1.29 is 81.2 Å². The van der Waals surface area contributed by atoms with Gasteiger partial charge in [0.1, 0.15) is 48.7 Å². The smallest absolute Gasteiger partial charge is 0.309 e. The average molecular weight is 1020 g/mol. The van der Waals surface area contributed by atoms with Gasteiger partial charge in [0, 0.05) is 52.7 Å². The van der Waals surface area contributed by atoms with Gasteiger partial charge in [-0.2, -0.15) is 5.26 Å². The van der Waals surface area contributed by atoms with Crippen LogP contribution in [-0.2, 0) is 66.6 Å². The molecule has 3 aliphatic heterocycles. The molecule has 0 amide bonds. The minimum Gasteiger partial charge on any atom is -0.462 e. The number of nitriles is 1. The molecule has 0 spiro atoms. The Morgan fingerprint density at radius 2 is 1.71 bits per heavy atom. The van der Waals surface area contributed by atoms with E-state index in [1.165, 1.54) is 32.2 Å². The maximum atomic E-state index is 14.1. The summed E-state index contributed by atoms with van der Waals surface area (Å²) in [5.41, 5.74) is -0.885. The quantitative estimate of drug-likeness (QED) is 0.130. The number of methoxy groups -OCH3 is 1. The molecule has 404 valence electrons. The number of hydrogen-bond acceptors (Lipinski definition) is 19. The molecule has 1 aromatic rings. The van der Waals surface area contributed by atoms with Crippen LogP contribution in [-0.4, -0.2) is 177 Å².